The van der Waals surface area contributed by atoms with Crippen molar-refractivity contribution in [2.45, 2.75) is 26.7 Å². The minimum Gasteiger partial charge on any atom is -0.330 e. The molecule has 0 spiro atoms. The van der Waals surface area contributed by atoms with Crippen molar-refractivity contribution in [2.75, 3.05) is 6.54 Å². The molecule has 1 aromatic rings. The Morgan fingerprint density at radius 1 is 1.42 bits per heavy atom. The highest BCUT2D eigenvalue weighted by Crippen LogP contribution is 2.29. The van der Waals surface area contributed by atoms with E-state index in [1.54, 1.807) is 0 Å². The smallest absolute Gasteiger partial charge is 0.00794 e. The molecule has 0 aliphatic heterocycles. The zero-order valence-corrected chi connectivity index (χ0v) is 8.82. The van der Waals surface area contributed by atoms with Crippen molar-refractivity contribution >= 4 is 11.3 Å². The third-order valence-corrected chi connectivity index (χ3v) is 3.64. The first kappa shape index (κ1) is 9.75. The molecule has 0 aromatic carbocycles. The van der Waals surface area contributed by atoms with Crippen molar-refractivity contribution < 1.29 is 0 Å². The molecule has 0 saturated carbocycles. The molecular weight excluding hydrogens is 166 g/mol. The van der Waals surface area contributed by atoms with Crippen molar-refractivity contribution in [3.63, 3.8) is 0 Å². The van der Waals surface area contributed by atoms with Crippen LogP contribution in [0.5, 0.6) is 0 Å². The quantitative estimate of drug-likeness (QED) is 0.766. The summed E-state index contributed by atoms with van der Waals surface area (Å²) in [5, 5.41) is 0. The molecule has 0 saturated heterocycles. The van der Waals surface area contributed by atoms with Gasteiger partial charge in [0, 0.05) is 9.75 Å². The van der Waals surface area contributed by atoms with Crippen molar-refractivity contribution in [1.29, 1.82) is 0 Å². The maximum absolute atomic E-state index is 5.62. The average Bonchev–Trinajstić information content (AvgIpc) is 2.49. The second kappa shape index (κ2) is 4.06. The summed E-state index contributed by atoms with van der Waals surface area (Å²) in [6.45, 7) is 7.38. The van der Waals surface area contributed by atoms with E-state index in [2.05, 4.69) is 32.9 Å². The van der Waals surface area contributed by atoms with Crippen molar-refractivity contribution in [1.82, 2.24) is 0 Å². The van der Waals surface area contributed by atoms with Gasteiger partial charge in [-0.05, 0) is 37.4 Å². The van der Waals surface area contributed by atoms with Crippen LogP contribution in [0.3, 0.4) is 0 Å². The van der Waals surface area contributed by atoms with E-state index in [-0.39, 0.29) is 0 Å². The van der Waals surface area contributed by atoms with E-state index < -0.39 is 0 Å². The number of thiophene rings is 1. The maximum Gasteiger partial charge on any atom is 0.00794 e. The summed E-state index contributed by atoms with van der Waals surface area (Å²) < 4.78 is 0. The number of rotatable bonds is 3. The monoisotopic (exact) mass is 183 g/mol. The van der Waals surface area contributed by atoms with E-state index in [0.29, 0.717) is 11.8 Å². The third kappa shape index (κ3) is 2.08. The lowest BCUT2D eigenvalue weighted by Gasteiger charge is -2.15. The fourth-order valence-corrected chi connectivity index (χ4v) is 2.24. The van der Waals surface area contributed by atoms with Gasteiger partial charge in [-0.1, -0.05) is 13.8 Å². The van der Waals surface area contributed by atoms with Crippen LogP contribution < -0.4 is 5.73 Å². The van der Waals surface area contributed by atoms with Gasteiger partial charge in [-0.15, -0.1) is 11.3 Å². The van der Waals surface area contributed by atoms with Crippen molar-refractivity contribution in [3.05, 3.63) is 21.9 Å². The highest BCUT2D eigenvalue weighted by Gasteiger charge is 2.13. The van der Waals surface area contributed by atoms with Crippen LogP contribution in [0.15, 0.2) is 12.1 Å². The molecule has 68 valence electrons. The highest BCUT2D eigenvalue weighted by atomic mass is 32.1. The Bertz CT molecular complexity index is 242. The Labute approximate surface area is 78.6 Å². The number of hydrogen-bond acceptors (Lipinski definition) is 2. The van der Waals surface area contributed by atoms with Gasteiger partial charge < -0.3 is 5.73 Å². The van der Waals surface area contributed by atoms with E-state index in [4.69, 9.17) is 5.73 Å². The van der Waals surface area contributed by atoms with Gasteiger partial charge in [-0.25, -0.2) is 0 Å². The van der Waals surface area contributed by atoms with E-state index in [1.165, 1.54) is 9.75 Å². The molecule has 0 bridgehead atoms. The van der Waals surface area contributed by atoms with Gasteiger partial charge in [0.2, 0.25) is 0 Å². The molecule has 2 heteroatoms. The van der Waals surface area contributed by atoms with Crippen LogP contribution in [0.1, 0.15) is 29.5 Å². The lowest BCUT2D eigenvalue weighted by Crippen LogP contribution is -2.16. The fourth-order valence-electron chi connectivity index (χ4n) is 1.18. The fraction of sp³-hybridized carbons (Fsp3) is 0.600. The van der Waals surface area contributed by atoms with E-state index in [0.717, 1.165) is 6.54 Å². The normalized spacial score (nSPS) is 16.0. The Kier molecular flexibility index (Phi) is 3.29. The zero-order valence-electron chi connectivity index (χ0n) is 8.00. The van der Waals surface area contributed by atoms with Crippen molar-refractivity contribution in [3.8, 4) is 0 Å². The molecule has 0 amide bonds. The first-order valence-electron chi connectivity index (χ1n) is 4.41. The highest BCUT2D eigenvalue weighted by molar-refractivity contribution is 7.12. The summed E-state index contributed by atoms with van der Waals surface area (Å²) in [6.07, 6.45) is 0. The van der Waals surface area contributed by atoms with Crippen LogP contribution in [-0.2, 0) is 0 Å². The number of nitrogens with two attached hydrogens (primary N) is 1. The lowest BCUT2D eigenvalue weighted by atomic mass is 9.95. The minimum absolute atomic E-state index is 0.586. The minimum atomic E-state index is 0.586. The van der Waals surface area contributed by atoms with Crippen LogP contribution in [0, 0.1) is 12.8 Å². The Morgan fingerprint density at radius 2 is 2.08 bits per heavy atom. The van der Waals surface area contributed by atoms with E-state index in [9.17, 15) is 0 Å². The van der Waals surface area contributed by atoms with E-state index in [1.807, 2.05) is 11.3 Å². The molecule has 0 fully saturated rings. The first-order chi connectivity index (χ1) is 5.65. The van der Waals surface area contributed by atoms with Gasteiger partial charge >= 0.3 is 0 Å². The topological polar surface area (TPSA) is 26.0 Å². The van der Waals surface area contributed by atoms with E-state index >= 15 is 0 Å². The third-order valence-electron chi connectivity index (χ3n) is 2.44. The average molecular weight is 183 g/mol. The number of hydrogen-bond donors (Lipinski definition) is 1. The molecule has 1 aromatic heterocycles. The molecule has 0 aliphatic carbocycles. The van der Waals surface area contributed by atoms with Gasteiger partial charge in [0.05, 0.1) is 0 Å². The summed E-state index contributed by atoms with van der Waals surface area (Å²) >= 11 is 1.88. The summed E-state index contributed by atoms with van der Waals surface area (Å²) in [5.74, 6) is 1.19. The van der Waals surface area contributed by atoms with Gasteiger partial charge in [-0.2, -0.15) is 0 Å². The summed E-state index contributed by atoms with van der Waals surface area (Å²) in [7, 11) is 0. The van der Waals surface area contributed by atoms with Crippen LogP contribution in [0.4, 0.5) is 0 Å². The summed E-state index contributed by atoms with van der Waals surface area (Å²) in [4.78, 5) is 2.85. The predicted octanol–water partition coefficient (Wildman–Crippen LogP) is 2.75. The molecule has 2 atom stereocenters. The SMILES string of the molecule is Cc1ccc(C(C)C(C)CN)s1. The predicted molar refractivity (Wildman–Crippen MR) is 55.7 cm³/mol. The molecule has 1 nitrogen and oxygen atoms in total. The Morgan fingerprint density at radius 3 is 2.50 bits per heavy atom. The molecule has 1 heterocycles. The molecule has 1 rings (SSSR count). The second-order valence-electron chi connectivity index (χ2n) is 3.45. The lowest BCUT2D eigenvalue weighted by molar-refractivity contribution is 0.505. The largest absolute Gasteiger partial charge is 0.330 e. The van der Waals surface area contributed by atoms with Crippen LogP contribution in [-0.4, -0.2) is 6.54 Å². The van der Waals surface area contributed by atoms with Crippen LogP contribution in [0.25, 0.3) is 0 Å². The summed E-state index contributed by atoms with van der Waals surface area (Å²) in [5.41, 5.74) is 5.62. The van der Waals surface area contributed by atoms with Gasteiger partial charge in [-0.3, -0.25) is 0 Å². The van der Waals surface area contributed by atoms with Gasteiger partial charge in [0.15, 0.2) is 0 Å². The van der Waals surface area contributed by atoms with Crippen molar-refractivity contribution in [2.24, 2.45) is 11.7 Å². The molecule has 12 heavy (non-hydrogen) atoms. The molecule has 0 radical (unpaired) electrons. The standard InChI is InChI=1S/C10H17NS/c1-7(6-11)9(3)10-5-4-8(2)12-10/h4-5,7,9H,6,11H2,1-3H3. The van der Waals surface area contributed by atoms with Crippen LogP contribution >= 0.6 is 11.3 Å². The van der Waals surface area contributed by atoms with Gasteiger partial charge in [0.25, 0.3) is 0 Å². The molecule has 0 aliphatic rings. The molecular formula is C10H17NS. The second-order valence-corrected chi connectivity index (χ2v) is 4.77. The molecule has 2 N–H and O–H groups in total. The first-order valence-corrected chi connectivity index (χ1v) is 5.23. The Balaban J connectivity index is 2.70. The maximum atomic E-state index is 5.62. The number of aryl methyl sites for hydroxylation is 1. The van der Waals surface area contributed by atoms with Crippen LogP contribution in [0.2, 0.25) is 0 Å². The molecule has 2 unspecified atom stereocenters. The zero-order chi connectivity index (χ0) is 9.14. The summed E-state index contributed by atoms with van der Waals surface area (Å²) in [6, 6.07) is 4.40. The Hall–Kier alpha value is -0.340. The van der Waals surface area contributed by atoms with Gasteiger partial charge in [0.1, 0.15) is 0 Å².